The lowest BCUT2D eigenvalue weighted by Crippen LogP contribution is -2.04. The number of thiazole rings is 1. The molecule has 0 radical (unpaired) electrons. The molecule has 3 aromatic rings. The lowest BCUT2D eigenvalue weighted by molar-refractivity contribution is 0.480. The minimum absolute atomic E-state index is 0.0810. The van der Waals surface area contributed by atoms with Crippen LogP contribution in [-0.2, 0) is 26.8 Å². The molecule has 164 valence electrons. The Kier molecular flexibility index (Phi) is 7.06. The molecule has 0 unspecified atom stereocenters. The fourth-order valence-corrected chi connectivity index (χ4v) is 5.18. The fraction of sp³-hybridized carbons (Fsp3) is 0.0556. The summed E-state index contributed by atoms with van der Waals surface area (Å²) in [5.41, 5.74) is 0.599. The van der Waals surface area contributed by atoms with Gasteiger partial charge in [-0.2, -0.15) is 16.8 Å². The van der Waals surface area contributed by atoms with Gasteiger partial charge in [-0.15, -0.1) is 11.3 Å². The molecule has 3 N–H and O–H groups in total. The molecule has 31 heavy (non-hydrogen) atoms. The van der Waals surface area contributed by atoms with Crippen molar-refractivity contribution in [3.8, 4) is 0 Å². The maximum absolute atomic E-state index is 11.9. The average molecular weight is 521 g/mol. The molecule has 0 aliphatic rings. The van der Waals surface area contributed by atoms with Gasteiger partial charge in [-0.3, -0.25) is 9.11 Å². The first kappa shape index (κ1) is 23.7. The molecule has 8 nitrogen and oxygen atoms in total. The number of halogens is 2. The van der Waals surface area contributed by atoms with Gasteiger partial charge in [0, 0.05) is 21.8 Å². The molecular formula is C18H14Cl2N2O6S3. The van der Waals surface area contributed by atoms with Crippen LogP contribution in [0.4, 0.5) is 5.69 Å². The molecule has 0 spiro atoms. The number of hydrogen-bond acceptors (Lipinski definition) is 7. The second kappa shape index (κ2) is 9.25. The minimum Gasteiger partial charge on any atom is -0.380 e. The van der Waals surface area contributed by atoms with Crippen molar-refractivity contribution in [1.82, 2.24) is 4.98 Å². The Balaban J connectivity index is 1.94. The van der Waals surface area contributed by atoms with Crippen molar-refractivity contribution in [2.45, 2.75) is 16.3 Å². The summed E-state index contributed by atoms with van der Waals surface area (Å²) in [5.74, 6) is 0. The SMILES string of the molecule is O=S(=O)(O)c1cc(Cl)ccc1C=Cc1ccc(NCc2cnc(Cl)s2)cc1S(=O)(=O)O. The Hall–Kier alpha value is -1.99. The lowest BCUT2D eigenvalue weighted by Gasteiger charge is -2.09. The third-order valence-electron chi connectivity index (χ3n) is 3.98. The molecule has 13 heteroatoms. The number of aromatic nitrogens is 1. The van der Waals surface area contributed by atoms with Gasteiger partial charge in [0.25, 0.3) is 20.2 Å². The third kappa shape index (κ3) is 6.26. The van der Waals surface area contributed by atoms with Crippen LogP contribution in [0.1, 0.15) is 16.0 Å². The van der Waals surface area contributed by atoms with Crippen LogP contribution in [0, 0.1) is 0 Å². The van der Waals surface area contributed by atoms with Gasteiger partial charge in [0.05, 0.1) is 6.54 Å². The molecule has 0 bridgehead atoms. The largest absolute Gasteiger partial charge is 0.380 e. The standard InChI is InChI=1S/C18H14Cl2N2O6S3/c19-13-5-3-11(16(7-13)30(23,24)25)1-2-12-4-6-14(8-17(12)31(26,27)28)21-9-15-10-22-18(20)29-15/h1-8,10,21H,9H2,(H,23,24,25)(H,26,27,28). The molecule has 1 aromatic heterocycles. The molecule has 0 fully saturated rings. The Morgan fingerprint density at radius 2 is 1.52 bits per heavy atom. The topological polar surface area (TPSA) is 134 Å². The maximum Gasteiger partial charge on any atom is 0.295 e. The monoisotopic (exact) mass is 520 g/mol. The summed E-state index contributed by atoms with van der Waals surface area (Å²) in [6.07, 6.45) is 4.17. The lowest BCUT2D eigenvalue weighted by atomic mass is 10.1. The molecule has 2 aromatic carbocycles. The predicted molar refractivity (Wildman–Crippen MR) is 121 cm³/mol. The summed E-state index contributed by atoms with van der Waals surface area (Å²) in [7, 11) is -9.16. The van der Waals surface area contributed by atoms with Crippen molar-refractivity contribution in [1.29, 1.82) is 0 Å². The van der Waals surface area contributed by atoms with Crippen molar-refractivity contribution >= 4 is 72.6 Å². The number of benzene rings is 2. The first-order chi connectivity index (χ1) is 14.4. The smallest absolute Gasteiger partial charge is 0.295 e. The van der Waals surface area contributed by atoms with E-state index in [0.29, 0.717) is 16.7 Å². The van der Waals surface area contributed by atoms with Crippen LogP contribution in [0.3, 0.4) is 0 Å². The van der Waals surface area contributed by atoms with Gasteiger partial charge < -0.3 is 5.32 Å². The molecule has 0 aliphatic carbocycles. The molecule has 1 heterocycles. The molecule has 0 atom stereocenters. The van der Waals surface area contributed by atoms with Crippen LogP contribution in [0.25, 0.3) is 12.2 Å². The summed E-state index contributed by atoms with van der Waals surface area (Å²) < 4.78 is 66.3. The van der Waals surface area contributed by atoms with E-state index < -0.39 is 30.0 Å². The van der Waals surface area contributed by atoms with Crippen LogP contribution in [0.5, 0.6) is 0 Å². The van der Waals surface area contributed by atoms with E-state index in [-0.39, 0.29) is 16.1 Å². The van der Waals surface area contributed by atoms with Gasteiger partial charge in [0.1, 0.15) is 9.79 Å². The van der Waals surface area contributed by atoms with Crippen molar-refractivity contribution in [2.24, 2.45) is 0 Å². The van der Waals surface area contributed by atoms with E-state index in [1.54, 1.807) is 12.3 Å². The van der Waals surface area contributed by atoms with E-state index in [1.165, 1.54) is 47.8 Å². The minimum atomic E-state index is -4.60. The molecule has 0 amide bonds. The predicted octanol–water partition coefficient (Wildman–Crippen LogP) is 4.73. The molecule has 0 saturated carbocycles. The quantitative estimate of drug-likeness (QED) is 0.300. The number of hydrogen-bond donors (Lipinski definition) is 3. The van der Waals surface area contributed by atoms with E-state index in [4.69, 9.17) is 23.2 Å². The van der Waals surface area contributed by atoms with E-state index in [0.717, 1.165) is 10.9 Å². The highest BCUT2D eigenvalue weighted by Gasteiger charge is 2.17. The van der Waals surface area contributed by atoms with Gasteiger partial charge in [0.2, 0.25) is 0 Å². The Labute approximate surface area is 192 Å². The van der Waals surface area contributed by atoms with Crippen molar-refractivity contribution < 1.29 is 25.9 Å². The number of nitrogens with one attached hydrogen (secondary N) is 1. The van der Waals surface area contributed by atoms with Crippen LogP contribution in [0.2, 0.25) is 9.49 Å². The van der Waals surface area contributed by atoms with Gasteiger partial charge in [-0.05, 0) is 35.4 Å². The Morgan fingerprint density at radius 3 is 2.06 bits per heavy atom. The van der Waals surface area contributed by atoms with Gasteiger partial charge in [-0.1, -0.05) is 47.5 Å². The van der Waals surface area contributed by atoms with Gasteiger partial charge in [0.15, 0.2) is 4.47 Å². The number of rotatable bonds is 7. The second-order valence-corrected chi connectivity index (χ2v) is 11.1. The zero-order valence-corrected chi connectivity index (χ0v) is 19.3. The summed E-state index contributed by atoms with van der Waals surface area (Å²) in [6.45, 7) is 0.340. The normalized spacial score (nSPS) is 12.4. The second-order valence-electron chi connectivity index (χ2n) is 6.15. The first-order valence-corrected chi connectivity index (χ1v) is 12.8. The van der Waals surface area contributed by atoms with Crippen molar-refractivity contribution in [3.63, 3.8) is 0 Å². The maximum atomic E-state index is 11.9. The van der Waals surface area contributed by atoms with Crippen LogP contribution < -0.4 is 5.32 Å². The highest BCUT2D eigenvalue weighted by Crippen LogP contribution is 2.27. The van der Waals surface area contributed by atoms with Crippen molar-refractivity contribution in [2.75, 3.05) is 5.32 Å². The number of anilines is 1. The zero-order valence-electron chi connectivity index (χ0n) is 15.4. The van der Waals surface area contributed by atoms with Crippen LogP contribution >= 0.6 is 34.5 Å². The average Bonchev–Trinajstić information content (AvgIpc) is 3.09. The van der Waals surface area contributed by atoms with Gasteiger partial charge in [-0.25, -0.2) is 4.98 Å². The van der Waals surface area contributed by atoms with Gasteiger partial charge >= 0.3 is 0 Å². The van der Waals surface area contributed by atoms with Crippen LogP contribution in [-0.4, -0.2) is 30.9 Å². The first-order valence-electron chi connectivity index (χ1n) is 8.34. The molecular weight excluding hydrogens is 507 g/mol. The molecule has 0 aliphatic heterocycles. The van der Waals surface area contributed by atoms with Crippen molar-refractivity contribution in [3.05, 3.63) is 68.1 Å². The number of nitrogens with zero attached hydrogens (tertiary/aromatic N) is 1. The van der Waals surface area contributed by atoms with E-state index in [2.05, 4.69) is 10.3 Å². The summed E-state index contributed by atoms with van der Waals surface area (Å²) >= 11 is 12.8. The Bertz CT molecular complexity index is 1370. The van der Waals surface area contributed by atoms with E-state index in [1.807, 2.05) is 0 Å². The summed E-state index contributed by atoms with van der Waals surface area (Å²) in [5, 5.41) is 3.11. The molecule has 3 rings (SSSR count). The summed E-state index contributed by atoms with van der Waals surface area (Å²) in [4.78, 5) is 3.91. The third-order valence-corrected chi connectivity index (χ3v) is 7.15. The Morgan fingerprint density at radius 1 is 0.935 bits per heavy atom. The van der Waals surface area contributed by atoms with E-state index in [9.17, 15) is 25.9 Å². The summed E-state index contributed by atoms with van der Waals surface area (Å²) in [6, 6.07) is 8.10. The van der Waals surface area contributed by atoms with E-state index >= 15 is 0 Å². The molecule has 0 saturated heterocycles. The van der Waals surface area contributed by atoms with Crippen LogP contribution in [0.15, 0.2) is 52.4 Å². The highest BCUT2D eigenvalue weighted by atomic mass is 35.5. The fourth-order valence-electron chi connectivity index (χ4n) is 2.61. The zero-order chi connectivity index (χ0) is 22.8. The highest BCUT2D eigenvalue weighted by molar-refractivity contribution is 7.86.